The van der Waals surface area contributed by atoms with Crippen molar-refractivity contribution in [1.82, 2.24) is 14.9 Å². The lowest BCUT2D eigenvalue weighted by molar-refractivity contribution is -0.274. The van der Waals surface area contributed by atoms with E-state index in [4.69, 9.17) is 20.8 Å². The fourth-order valence-electron chi connectivity index (χ4n) is 3.62. The Morgan fingerprint density at radius 2 is 2.03 bits per heavy atom. The van der Waals surface area contributed by atoms with E-state index in [1.807, 2.05) is 11.8 Å². The molecule has 1 aliphatic rings. The molecule has 13 heteroatoms. The van der Waals surface area contributed by atoms with Crippen molar-refractivity contribution in [1.29, 1.82) is 0 Å². The van der Waals surface area contributed by atoms with Gasteiger partial charge in [0.1, 0.15) is 16.1 Å². The predicted octanol–water partition coefficient (Wildman–Crippen LogP) is 5.95. The summed E-state index contributed by atoms with van der Waals surface area (Å²) in [7, 11) is 0. The lowest BCUT2D eigenvalue weighted by Crippen LogP contribution is -2.54. The molecule has 3 heterocycles. The lowest BCUT2D eigenvalue weighted by Gasteiger charge is -2.39. The van der Waals surface area contributed by atoms with Crippen molar-refractivity contribution in [2.45, 2.75) is 45.7 Å². The van der Waals surface area contributed by atoms with E-state index in [9.17, 15) is 18.0 Å². The molecule has 0 bridgehead atoms. The fourth-order valence-corrected chi connectivity index (χ4v) is 4.53. The number of alkyl halides is 3. The molecule has 0 radical (unpaired) electrons. The van der Waals surface area contributed by atoms with Crippen LogP contribution in [0.15, 0.2) is 22.1 Å². The summed E-state index contributed by atoms with van der Waals surface area (Å²) in [4.78, 5) is 24.4. The molecule has 1 unspecified atom stereocenters. The topological polar surface area (TPSA) is 80.9 Å². The first-order valence-electron chi connectivity index (χ1n) is 10.4. The van der Waals surface area contributed by atoms with Crippen molar-refractivity contribution in [3.05, 3.63) is 22.7 Å². The molecule has 0 N–H and O–H groups in total. The molecule has 0 saturated carbocycles. The zero-order valence-corrected chi connectivity index (χ0v) is 20.3. The standard InChI is InChI=1S/C21H22ClF3N4O4S/c1-11-10-28(19(30)33-20(2,3)4)6-7-29(11)18-27-13-9-12(22)15(32-21(23,24)25)14(16(13)31-18)17-26-5-8-34-17/h5,8-9,11H,6-7,10H2,1-4H3. The van der Waals surface area contributed by atoms with E-state index in [1.165, 1.54) is 12.3 Å². The summed E-state index contributed by atoms with van der Waals surface area (Å²) in [6.45, 7) is 8.38. The van der Waals surface area contributed by atoms with E-state index >= 15 is 0 Å². The van der Waals surface area contributed by atoms with Gasteiger partial charge in [0, 0.05) is 37.3 Å². The molecule has 1 aliphatic heterocycles. The van der Waals surface area contributed by atoms with Crippen molar-refractivity contribution in [2.24, 2.45) is 0 Å². The van der Waals surface area contributed by atoms with Gasteiger partial charge in [-0.05, 0) is 33.8 Å². The van der Waals surface area contributed by atoms with Gasteiger partial charge in [-0.15, -0.1) is 24.5 Å². The van der Waals surface area contributed by atoms with E-state index in [0.717, 1.165) is 11.3 Å². The molecule has 4 rings (SSSR count). The molecule has 1 saturated heterocycles. The number of ether oxygens (including phenoxy) is 2. The third-order valence-electron chi connectivity index (χ3n) is 4.97. The number of oxazole rings is 1. The minimum Gasteiger partial charge on any atom is -0.444 e. The fraction of sp³-hybridized carbons (Fsp3) is 0.476. The van der Waals surface area contributed by atoms with Gasteiger partial charge < -0.3 is 23.7 Å². The molecule has 1 atom stereocenters. The second-order valence-corrected chi connectivity index (χ2v) is 10.1. The number of hydrogen-bond donors (Lipinski definition) is 0. The van der Waals surface area contributed by atoms with Crippen LogP contribution in [-0.2, 0) is 4.74 Å². The monoisotopic (exact) mass is 518 g/mol. The van der Waals surface area contributed by atoms with Gasteiger partial charge in [-0.3, -0.25) is 0 Å². The van der Waals surface area contributed by atoms with E-state index in [1.54, 1.807) is 31.1 Å². The Morgan fingerprint density at radius 3 is 2.62 bits per heavy atom. The van der Waals surface area contributed by atoms with Crippen molar-refractivity contribution in [2.75, 3.05) is 24.5 Å². The van der Waals surface area contributed by atoms with Gasteiger partial charge in [-0.2, -0.15) is 4.98 Å². The number of thiazole rings is 1. The first kappa shape index (κ1) is 24.4. The average Bonchev–Trinajstić information content (AvgIpc) is 3.36. The molecule has 1 aromatic carbocycles. The first-order chi connectivity index (χ1) is 15.8. The Morgan fingerprint density at radius 1 is 1.29 bits per heavy atom. The number of benzene rings is 1. The van der Waals surface area contributed by atoms with Gasteiger partial charge in [-0.25, -0.2) is 9.78 Å². The number of amides is 1. The van der Waals surface area contributed by atoms with Crippen LogP contribution >= 0.6 is 22.9 Å². The van der Waals surface area contributed by atoms with E-state index in [2.05, 4.69) is 14.7 Å². The maximum atomic E-state index is 13.1. The number of halogens is 4. The van der Waals surface area contributed by atoms with E-state index < -0.39 is 23.8 Å². The highest BCUT2D eigenvalue weighted by Crippen LogP contribution is 2.46. The maximum absolute atomic E-state index is 13.1. The maximum Gasteiger partial charge on any atom is 0.573 e. The number of carbonyl (C=O) groups is 1. The predicted molar refractivity (Wildman–Crippen MR) is 121 cm³/mol. The zero-order valence-electron chi connectivity index (χ0n) is 18.8. The normalized spacial score (nSPS) is 17.4. The van der Waals surface area contributed by atoms with E-state index in [-0.39, 0.29) is 38.7 Å². The number of nitrogens with zero attached hydrogens (tertiary/aromatic N) is 4. The first-order valence-corrected chi connectivity index (χ1v) is 11.6. The molecule has 0 spiro atoms. The Kier molecular flexibility index (Phi) is 6.32. The minimum atomic E-state index is -4.96. The zero-order chi connectivity index (χ0) is 24.8. The van der Waals surface area contributed by atoms with Crippen LogP contribution in [0, 0.1) is 0 Å². The molecule has 184 valence electrons. The molecular formula is C21H22ClF3N4O4S. The molecule has 1 amide bonds. The average molecular weight is 519 g/mol. The molecule has 34 heavy (non-hydrogen) atoms. The minimum absolute atomic E-state index is 0.0198. The summed E-state index contributed by atoms with van der Waals surface area (Å²) in [6.07, 6.45) is -3.92. The summed E-state index contributed by atoms with van der Waals surface area (Å²) in [6, 6.07) is 1.27. The van der Waals surface area contributed by atoms with Crippen LogP contribution in [0.2, 0.25) is 5.02 Å². The summed E-state index contributed by atoms with van der Waals surface area (Å²) in [5.74, 6) is -0.595. The Balaban J connectivity index is 1.68. The summed E-state index contributed by atoms with van der Waals surface area (Å²) in [5.41, 5.74) is -0.287. The number of aromatic nitrogens is 2. The second-order valence-electron chi connectivity index (χ2n) is 8.76. The van der Waals surface area contributed by atoms with Crippen molar-refractivity contribution >= 4 is 46.1 Å². The van der Waals surface area contributed by atoms with Gasteiger partial charge in [0.25, 0.3) is 6.01 Å². The highest BCUT2D eigenvalue weighted by atomic mass is 35.5. The third-order valence-corrected chi connectivity index (χ3v) is 6.04. The van der Waals surface area contributed by atoms with Crippen LogP contribution < -0.4 is 9.64 Å². The Bertz CT molecular complexity index is 1190. The number of anilines is 1. The third kappa shape index (κ3) is 5.17. The molecule has 8 nitrogen and oxygen atoms in total. The van der Waals surface area contributed by atoms with Crippen LogP contribution in [-0.4, -0.2) is 58.6 Å². The number of rotatable bonds is 3. The SMILES string of the molecule is CC1CN(C(=O)OC(C)(C)C)CCN1c1nc2cc(Cl)c(OC(F)(F)F)c(-c3nccs3)c2o1. The van der Waals surface area contributed by atoms with Crippen LogP contribution in [0.1, 0.15) is 27.7 Å². The van der Waals surface area contributed by atoms with Crippen LogP contribution in [0.3, 0.4) is 0 Å². The molecule has 3 aromatic rings. The molecule has 0 aliphatic carbocycles. The van der Waals surface area contributed by atoms with E-state index in [0.29, 0.717) is 19.6 Å². The number of piperazine rings is 1. The van der Waals surface area contributed by atoms with Gasteiger partial charge in [0.2, 0.25) is 0 Å². The van der Waals surface area contributed by atoms with Crippen LogP contribution in [0.5, 0.6) is 5.75 Å². The highest BCUT2D eigenvalue weighted by molar-refractivity contribution is 7.13. The van der Waals surface area contributed by atoms with Crippen molar-refractivity contribution in [3.8, 4) is 16.3 Å². The van der Waals surface area contributed by atoms with Crippen molar-refractivity contribution < 1.29 is 31.9 Å². The van der Waals surface area contributed by atoms with Gasteiger partial charge >= 0.3 is 12.5 Å². The van der Waals surface area contributed by atoms with Gasteiger partial charge in [0.15, 0.2) is 11.3 Å². The Labute approximate surface area is 202 Å². The summed E-state index contributed by atoms with van der Waals surface area (Å²) >= 11 is 7.28. The molecule has 2 aromatic heterocycles. The quantitative estimate of drug-likeness (QED) is 0.424. The second kappa shape index (κ2) is 8.81. The lowest BCUT2D eigenvalue weighted by atomic mass is 10.2. The largest absolute Gasteiger partial charge is 0.573 e. The van der Waals surface area contributed by atoms with Crippen molar-refractivity contribution in [3.63, 3.8) is 0 Å². The van der Waals surface area contributed by atoms with Gasteiger partial charge in [-0.1, -0.05) is 11.6 Å². The molecular weight excluding hydrogens is 497 g/mol. The van der Waals surface area contributed by atoms with Gasteiger partial charge in [0.05, 0.1) is 10.6 Å². The number of hydrogen-bond acceptors (Lipinski definition) is 8. The summed E-state index contributed by atoms with van der Waals surface area (Å²) in [5, 5.41) is 1.60. The van der Waals surface area contributed by atoms with Crippen LogP contribution in [0.25, 0.3) is 21.7 Å². The number of fused-ring (bicyclic) bond motifs is 1. The number of carbonyl (C=O) groups excluding carboxylic acids is 1. The highest BCUT2D eigenvalue weighted by Gasteiger charge is 2.36. The van der Waals surface area contributed by atoms with Crippen LogP contribution in [0.4, 0.5) is 24.0 Å². The summed E-state index contributed by atoms with van der Waals surface area (Å²) < 4.78 is 54.9. The molecule has 1 fully saturated rings. The Hall–Kier alpha value is -2.73. The smallest absolute Gasteiger partial charge is 0.444 e.